The number of benzene rings is 2. The predicted molar refractivity (Wildman–Crippen MR) is 117 cm³/mol. The molecule has 2 aromatic carbocycles. The molecule has 30 heavy (non-hydrogen) atoms. The molecule has 0 aliphatic carbocycles. The van der Waals surface area contributed by atoms with Crippen LogP contribution in [-0.4, -0.2) is 34.7 Å². The summed E-state index contributed by atoms with van der Waals surface area (Å²) in [6.07, 6.45) is -0.247. The molecule has 1 aliphatic rings. The van der Waals surface area contributed by atoms with Crippen LogP contribution in [0.1, 0.15) is 17.5 Å². The molecule has 2 heterocycles. The van der Waals surface area contributed by atoms with Crippen molar-refractivity contribution in [2.24, 2.45) is 0 Å². The zero-order valence-corrected chi connectivity index (χ0v) is 17.5. The number of aromatic nitrogens is 1. The number of nitrogens with zero attached hydrogens (tertiary/aromatic N) is 3. The van der Waals surface area contributed by atoms with Gasteiger partial charge in [-0.25, -0.2) is 4.98 Å². The molecule has 8 heteroatoms. The van der Waals surface area contributed by atoms with Crippen molar-refractivity contribution in [2.75, 3.05) is 11.4 Å². The van der Waals surface area contributed by atoms with Crippen LogP contribution in [0, 0.1) is 11.3 Å². The Kier molecular flexibility index (Phi) is 6.00. The number of hydrogen-bond donors (Lipinski definition) is 2. The molecule has 1 fully saturated rings. The van der Waals surface area contributed by atoms with E-state index in [1.165, 1.54) is 11.3 Å². The maximum absolute atomic E-state index is 12.8. The van der Waals surface area contributed by atoms with E-state index in [2.05, 4.69) is 16.4 Å². The number of nitrogens with one attached hydrogen (secondary N) is 1. The van der Waals surface area contributed by atoms with Gasteiger partial charge < -0.3 is 15.3 Å². The standard InChI is InChI=1S/C22H19ClN4O2S/c23-18-4-2-1-3-16(18)11-25-21(29)20-9-17(28)12-27(20)22-26-19(13-30-22)15-7-5-14(10-24)6-8-15/h1-8,13,17,20,28H,9,11-12H2,(H,25,29)/t17?,20-/m0/s1. The molecule has 1 aromatic heterocycles. The lowest BCUT2D eigenvalue weighted by molar-refractivity contribution is -0.122. The molecule has 152 valence electrons. The van der Waals surface area contributed by atoms with Gasteiger partial charge >= 0.3 is 0 Å². The lowest BCUT2D eigenvalue weighted by Gasteiger charge is -2.23. The number of amides is 1. The summed E-state index contributed by atoms with van der Waals surface area (Å²) in [7, 11) is 0. The van der Waals surface area contributed by atoms with Gasteiger partial charge in [0, 0.05) is 35.5 Å². The molecule has 0 radical (unpaired) electrons. The Morgan fingerprint density at radius 1 is 1.30 bits per heavy atom. The van der Waals surface area contributed by atoms with E-state index in [0.717, 1.165) is 16.8 Å². The maximum Gasteiger partial charge on any atom is 0.243 e. The van der Waals surface area contributed by atoms with Crippen molar-refractivity contribution < 1.29 is 9.90 Å². The van der Waals surface area contributed by atoms with Crippen LogP contribution in [0.15, 0.2) is 53.9 Å². The molecule has 0 spiro atoms. The zero-order chi connectivity index (χ0) is 21.1. The summed E-state index contributed by atoms with van der Waals surface area (Å²) >= 11 is 7.60. The topological polar surface area (TPSA) is 89.3 Å². The van der Waals surface area contributed by atoms with E-state index in [-0.39, 0.29) is 5.91 Å². The van der Waals surface area contributed by atoms with Gasteiger partial charge in [-0.05, 0) is 23.8 Å². The number of aliphatic hydroxyl groups excluding tert-OH is 1. The summed E-state index contributed by atoms with van der Waals surface area (Å²) in [5, 5.41) is 25.3. The minimum absolute atomic E-state index is 0.165. The molecule has 6 nitrogen and oxygen atoms in total. The van der Waals surface area contributed by atoms with E-state index in [4.69, 9.17) is 16.9 Å². The molecule has 2 N–H and O–H groups in total. The fourth-order valence-electron chi connectivity index (χ4n) is 3.46. The van der Waals surface area contributed by atoms with Crippen molar-refractivity contribution in [2.45, 2.75) is 25.1 Å². The van der Waals surface area contributed by atoms with Gasteiger partial charge in [-0.2, -0.15) is 5.26 Å². The highest BCUT2D eigenvalue weighted by molar-refractivity contribution is 7.14. The number of halogens is 1. The third kappa shape index (κ3) is 4.31. The molecule has 3 aromatic rings. The van der Waals surface area contributed by atoms with Crippen LogP contribution in [0.5, 0.6) is 0 Å². The Morgan fingerprint density at radius 2 is 2.07 bits per heavy atom. The Labute approximate surface area is 183 Å². The number of hydrogen-bond acceptors (Lipinski definition) is 6. The minimum atomic E-state index is -0.594. The first-order valence-corrected chi connectivity index (χ1v) is 10.7. The zero-order valence-electron chi connectivity index (χ0n) is 16.0. The third-order valence-corrected chi connectivity index (χ3v) is 6.29. The summed E-state index contributed by atoms with van der Waals surface area (Å²) in [5.74, 6) is -0.165. The van der Waals surface area contributed by atoms with E-state index < -0.39 is 12.1 Å². The Bertz CT molecular complexity index is 1090. The van der Waals surface area contributed by atoms with Gasteiger partial charge in [-0.1, -0.05) is 41.9 Å². The molecule has 0 bridgehead atoms. The third-order valence-electron chi connectivity index (χ3n) is 5.04. The largest absolute Gasteiger partial charge is 0.391 e. The molecule has 4 rings (SSSR count). The van der Waals surface area contributed by atoms with Crippen LogP contribution in [-0.2, 0) is 11.3 Å². The molecule has 1 saturated heterocycles. The number of carbonyl (C=O) groups is 1. The molecular weight excluding hydrogens is 420 g/mol. The van der Waals surface area contributed by atoms with Crippen molar-refractivity contribution in [3.05, 3.63) is 70.1 Å². The fourth-order valence-corrected chi connectivity index (χ4v) is 4.56. The number of aliphatic hydroxyl groups is 1. The quantitative estimate of drug-likeness (QED) is 0.635. The predicted octanol–water partition coefficient (Wildman–Crippen LogP) is 3.59. The van der Waals surface area contributed by atoms with Crippen molar-refractivity contribution in [1.82, 2.24) is 10.3 Å². The Balaban J connectivity index is 1.48. The van der Waals surface area contributed by atoms with Crippen LogP contribution < -0.4 is 10.2 Å². The average Bonchev–Trinajstić information content (AvgIpc) is 3.40. The van der Waals surface area contributed by atoms with Gasteiger partial charge in [-0.15, -0.1) is 11.3 Å². The monoisotopic (exact) mass is 438 g/mol. The summed E-state index contributed by atoms with van der Waals surface area (Å²) in [6.45, 7) is 0.678. The van der Waals surface area contributed by atoms with Crippen LogP contribution in [0.4, 0.5) is 5.13 Å². The first kappa shape index (κ1) is 20.4. The molecule has 2 atom stereocenters. The van der Waals surface area contributed by atoms with Gasteiger partial charge in [-0.3, -0.25) is 4.79 Å². The van der Waals surface area contributed by atoms with E-state index in [0.29, 0.717) is 35.2 Å². The molecule has 0 saturated carbocycles. The highest BCUT2D eigenvalue weighted by Gasteiger charge is 2.37. The molecule has 1 unspecified atom stereocenters. The van der Waals surface area contributed by atoms with Crippen molar-refractivity contribution in [3.8, 4) is 17.3 Å². The number of thiazole rings is 1. The number of nitriles is 1. The first-order valence-electron chi connectivity index (χ1n) is 9.47. The summed E-state index contributed by atoms with van der Waals surface area (Å²) in [4.78, 5) is 19.4. The second-order valence-corrected chi connectivity index (χ2v) is 8.32. The second-order valence-electron chi connectivity index (χ2n) is 7.07. The van der Waals surface area contributed by atoms with E-state index >= 15 is 0 Å². The average molecular weight is 439 g/mol. The lowest BCUT2D eigenvalue weighted by Crippen LogP contribution is -2.43. The van der Waals surface area contributed by atoms with Gasteiger partial charge in [0.25, 0.3) is 0 Å². The summed E-state index contributed by atoms with van der Waals surface area (Å²) in [5.41, 5.74) is 3.11. The maximum atomic E-state index is 12.8. The van der Waals surface area contributed by atoms with Gasteiger partial charge in [0.15, 0.2) is 5.13 Å². The number of carbonyl (C=O) groups excluding carboxylic acids is 1. The summed E-state index contributed by atoms with van der Waals surface area (Å²) < 4.78 is 0. The highest BCUT2D eigenvalue weighted by atomic mass is 35.5. The second kappa shape index (κ2) is 8.84. The van der Waals surface area contributed by atoms with Crippen LogP contribution >= 0.6 is 22.9 Å². The van der Waals surface area contributed by atoms with Crippen LogP contribution in [0.2, 0.25) is 5.02 Å². The van der Waals surface area contributed by atoms with Crippen molar-refractivity contribution >= 4 is 34.0 Å². The number of rotatable bonds is 5. The normalized spacial score (nSPS) is 18.2. The van der Waals surface area contributed by atoms with E-state index in [1.807, 2.05) is 40.6 Å². The Morgan fingerprint density at radius 3 is 2.80 bits per heavy atom. The van der Waals surface area contributed by atoms with Crippen LogP contribution in [0.3, 0.4) is 0 Å². The first-order chi connectivity index (χ1) is 14.5. The molecule has 1 aliphatic heterocycles. The van der Waals surface area contributed by atoms with Crippen LogP contribution in [0.25, 0.3) is 11.3 Å². The molecular formula is C22H19ClN4O2S. The van der Waals surface area contributed by atoms with Gasteiger partial charge in [0.05, 0.1) is 23.4 Å². The highest BCUT2D eigenvalue weighted by Crippen LogP contribution is 2.32. The van der Waals surface area contributed by atoms with Gasteiger partial charge in [0.2, 0.25) is 5.91 Å². The SMILES string of the molecule is N#Cc1ccc(-c2csc(N3CC(O)C[C@H]3C(=O)NCc3ccccc3Cl)n2)cc1. The summed E-state index contributed by atoms with van der Waals surface area (Å²) in [6, 6.07) is 16.2. The number of β-amino-alcohol motifs (C(OH)–C–C–N with tert-alkyl or cyclic N) is 1. The lowest BCUT2D eigenvalue weighted by atomic mass is 10.1. The van der Waals surface area contributed by atoms with E-state index in [9.17, 15) is 9.90 Å². The smallest absolute Gasteiger partial charge is 0.243 e. The molecule has 1 amide bonds. The fraction of sp³-hybridized carbons (Fsp3) is 0.227. The number of anilines is 1. The van der Waals surface area contributed by atoms with E-state index in [1.54, 1.807) is 18.2 Å². The minimum Gasteiger partial charge on any atom is -0.391 e. The van der Waals surface area contributed by atoms with Gasteiger partial charge in [0.1, 0.15) is 6.04 Å². The van der Waals surface area contributed by atoms with Crippen molar-refractivity contribution in [3.63, 3.8) is 0 Å². The van der Waals surface area contributed by atoms with Crippen molar-refractivity contribution in [1.29, 1.82) is 5.26 Å². The Hall–Kier alpha value is -2.92.